The fourth-order valence-corrected chi connectivity index (χ4v) is 0.559. The summed E-state index contributed by atoms with van der Waals surface area (Å²) in [5, 5.41) is 0. The molecule has 0 aromatic heterocycles. The molecule has 0 radical (unpaired) electrons. The van der Waals surface area contributed by atoms with E-state index in [1.54, 1.807) is 14.2 Å². The van der Waals surface area contributed by atoms with Crippen molar-refractivity contribution >= 4 is 19.2 Å². The maximum atomic E-state index is 5.07. The van der Waals surface area contributed by atoms with Gasteiger partial charge in [0, 0.05) is 0 Å². The summed E-state index contributed by atoms with van der Waals surface area (Å²) in [4.78, 5) is 4.13. The van der Waals surface area contributed by atoms with Gasteiger partial charge >= 0.3 is 49.5 Å². The molecule has 0 aromatic carbocycles. The summed E-state index contributed by atoms with van der Waals surface area (Å²) >= 11 is -2.28. The Kier molecular flexibility index (Phi) is 3.19. The topological polar surface area (TPSA) is 18.5 Å². The van der Waals surface area contributed by atoms with Crippen LogP contribution in [0.3, 0.4) is 0 Å². The molecule has 2 nitrogen and oxygen atoms in total. The summed E-state index contributed by atoms with van der Waals surface area (Å²) in [7, 11) is 3.42. The second-order valence-corrected chi connectivity index (χ2v) is 12.1. The zero-order chi connectivity index (χ0) is 5.91. The number of hydrogen-bond donors (Lipinski definition) is 0. The summed E-state index contributed by atoms with van der Waals surface area (Å²) in [6.07, 6.45) is 0. The van der Waals surface area contributed by atoms with Crippen LogP contribution in [-0.2, 0) is 6.15 Å². The molecule has 0 amide bonds. The van der Waals surface area contributed by atoms with E-state index in [4.69, 9.17) is 6.15 Å². The molecule has 0 spiro atoms. The van der Waals surface area contributed by atoms with Crippen molar-refractivity contribution in [2.75, 3.05) is 14.2 Å². The third-order valence-electron chi connectivity index (χ3n) is 0.983. The molecule has 7 heavy (non-hydrogen) atoms. The zero-order valence-corrected chi connectivity index (χ0v) is 8.17. The summed E-state index contributed by atoms with van der Waals surface area (Å²) in [6, 6.07) is 0. The Morgan fingerprint density at radius 2 is 1.29 bits per heavy atom. The third kappa shape index (κ3) is 3.31. The first kappa shape index (κ1) is 7.72. The quantitative estimate of drug-likeness (QED) is 0.633. The van der Waals surface area contributed by atoms with Gasteiger partial charge < -0.3 is 0 Å². The molecular weight excluding hydrogens is 199 g/mol. The molecule has 0 aliphatic carbocycles. The van der Waals surface area contributed by atoms with Crippen LogP contribution in [0.4, 0.5) is 0 Å². The van der Waals surface area contributed by atoms with Crippen LogP contribution in [0.2, 0.25) is 9.88 Å². The van der Waals surface area contributed by atoms with Gasteiger partial charge in [-0.3, -0.25) is 0 Å². The first-order valence-corrected chi connectivity index (χ1v) is 10.3. The zero-order valence-electron chi connectivity index (χ0n) is 5.32. The van der Waals surface area contributed by atoms with E-state index in [1.165, 1.54) is 0 Å². The molecule has 0 aliphatic rings. The second-order valence-electron chi connectivity index (χ2n) is 1.81. The molecule has 0 saturated carbocycles. The average molecular weight is 211 g/mol. The van der Waals surface area contributed by atoms with Crippen molar-refractivity contribution < 1.29 is 6.15 Å². The average Bonchev–Trinajstić information content (AvgIpc) is 1.68. The Morgan fingerprint density at radius 1 is 1.00 bits per heavy atom. The molecule has 0 atom stereocenters. The van der Waals surface area contributed by atoms with Gasteiger partial charge in [-0.1, -0.05) is 0 Å². The van der Waals surface area contributed by atoms with Crippen molar-refractivity contribution in [2.45, 2.75) is 9.88 Å². The van der Waals surface area contributed by atoms with Gasteiger partial charge in [0.15, 0.2) is 0 Å². The Morgan fingerprint density at radius 3 is 1.29 bits per heavy atom. The molecule has 0 aliphatic heterocycles. The van der Waals surface area contributed by atoms with Crippen molar-refractivity contribution in [3.63, 3.8) is 0 Å². The van der Waals surface area contributed by atoms with Gasteiger partial charge in [0.2, 0.25) is 0 Å². The molecule has 0 fully saturated rings. The van der Waals surface area contributed by atoms with Crippen molar-refractivity contribution in [2.24, 2.45) is 0 Å². The van der Waals surface area contributed by atoms with E-state index in [-0.39, 0.29) is 0 Å². The van der Waals surface area contributed by atoms with Gasteiger partial charge in [-0.2, -0.15) is 0 Å². The van der Waals surface area contributed by atoms with E-state index < -0.39 is 19.2 Å². The van der Waals surface area contributed by atoms with Crippen molar-refractivity contribution in [1.82, 2.24) is 0 Å². The van der Waals surface area contributed by atoms with Crippen LogP contribution >= 0.6 is 0 Å². The molecule has 0 saturated heterocycles. The van der Waals surface area contributed by atoms with Crippen molar-refractivity contribution in [3.8, 4) is 0 Å². The van der Waals surface area contributed by atoms with E-state index in [0.29, 0.717) is 0 Å². The predicted octanol–water partition coefficient (Wildman–Crippen LogP) is 0.981. The van der Waals surface area contributed by atoms with Crippen LogP contribution in [0, 0.1) is 0 Å². The normalized spacial score (nSPS) is 12.0. The molecular formula is C4H12O2Sn. The number of rotatable bonds is 2. The van der Waals surface area contributed by atoms with Gasteiger partial charge in [0.1, 0.15) is 0 Å². The van der Waals surface area contributed by atoms with E-state index in [2.05, 4.69) is 9.88 Å². The maximum absolute atomic E-state index is 5.07. The van der Waals surface area contributed by atoms with Gasteiger partial charge in [0.25, 0.3) is 0 Å². The SMILES string of the molecule is C[O][Sn]([CH3])([CH3])[O]C. The molecule has 3 heteroatoms. The Bertz CT molecular complexity index is 47.7. The molecule has 0 bridgehead atoms. The fourth-order valence-electron chi connectivity index (χ4n) is 0.0833. The minimum absolute atomic E-state index is 1.71. The monoisotopic (exact) mass is 212 g/mol. The predicted molar refractivity (Wildman–Crippen MR) is 31.5 cm³/mol. The van der Waals surface area contributed by atoms with Gasteiger partial charge in [-0.05, 0) is 0 Å². The van der Waals surface area contributed by atoms with E-state index in [0.717, 1.165) is 0 Å². The van der Waals surface area contributed by atoms with Gasteiger partial charge in [-0.25, -0.2) is 0 Å². The molecule has 0 rings (SSSR count). The molecule has 0 N–H and O–H groups in total. The Labute approximate surface area is 49.8 Å². The van der Waals surface area contributed by atoms with Crippen LogP contribution in [0.15, 0.2) is 0 Å². The van der Waals surface area contributed by atoms with Crippen LogP contribution in [-0.4, -0.2) is 33.4 Å². The fraction of sp³-hybridized carbons (Fsp3) is 1.00. The summed E-state index contributed by atoms with van der Waals surface area (Å²) in [6.45, 7) is 0. The van der Waals surface area contributed by atoms with E-state index >= 15 is 0 Å². The first-order chi connectivity index (χ1) is 3.12. The van der Waals surface area contributed by atoms with Crippen LogP contribution in [0.5, 0.6) is 0 Å². The Balaban J connectivity index is 3.36. The third-order valence-corrected chi connectivity index (χ3v) is 6.60. The summed E-state index contributed by atoms with van der Waals surface area (Å²) in [5.74, 6) is 0. The standard InChI is InChI=1S/2CH3O.2CH3.Sn/c2*1-2;;;/h2*1H3;2*1H3;/q2*-1;;;+2. The summed E-state index contributed by atoms with van der Waals surface area (Å²) in [5.41, 5.74) is 0. The van der Waals surface area contributed by atoms with Gasteiger partial charge in [0.05, 0.1) is 0 Å². The second kappa shape index (κ2) is 2.89. The van der Waals surface area contributed by atoms with Gasteiger partial charge in [-0.15, -0.1) is 0 Å². The van der Waals surface area contributed by atoms with Crippen LogP contribution < -0.4 is 0 Å². The molecule has 0 unspecified atom stereocenters. The van der Waals surface area contributed by atoms with Crippen LogP contribution in [0.25, 0.3) is 0 Å². The molecule has 44 valence electrons. The van der Waals surface area contributed by atoms with Crippen molar-refractivity contribution in [1.29, 1.82) is 0 Å². The Hall–Kier alpha value is 0.719. The summed E-state index contributed by atoms with van der Waals surface area (Å²) < 4.78 is 10.1. The minimum atomic E-state index is -2.28. The van der Waals surface area contributed by atoms with Crippen molar-refractivity contribution in [3.05, 3.63) is 0 Å². The molecule has 0 heterocycles. The van der Waals surface area contributed by atoms with Crippen LogP contribution in [0.1, 0.15) is 0 Å². The number of hydrogen-bond acceptors (Lipinski definition) is 2. The van der Waals surface area contributed by atoms with E-state index in [9.17, 15) is 0 Å². The molecule has 0 aromatic rings. The van der Waals surface area contributed by atoms with E-state index in [1.807, 2.05) is 0 Å². The first-order valence-electron chi connectivity index (χ1n) is 2.22.